The summed E-state index contributed by atoms with van der Waals surface area (Å²) < 4.78 is 0. The molecular weight excluding hydrogens is 250 g/mol. The van der Waals surface area contributed by atoms with Crippen LogP contribution in [0.25, 0.3) is 0 Å². The molecule has 0 bridgehead atoms. The molecule has 4 heteroatoms. The number of hydrogen-bond donors (Lipinski definition) is 2. The number of nitrogens with zero attached hydrogens (tertiary/aromatic N) is 1. The molecule has 1 aliphatic heterocycles. The zero-order chi connectivity index (χ0) is 15.0. The van der Waals surface area contributed by atoms with Gasteiger partial charge in [-0.15, -0.1) is 0 Å². The molecule has 1 heterocycles. The van der Waals surface area contributed by atoms with Crippen LogP contribution in [0.3, 0.4) is 0 Å². The summed E-state index contributed by atoms with van der Waals surface area (Å²) in [4.78, 5) is 14.5. The van der Waals surface area contributed by atoms with Crippen molar-refractivity contribution in [2.75, 3.05) is 19.6 Å². The van der Waals surface area contributed by atoms with Gasteiger partial charge < -0.3 is 11.1 Å². The van der Waals surface area contributed by atoms with Crippen LogP contribution < -0.4 is 11.1 Å². The zero-order valence-corrected chi connectivity index (χ0v) is 13.5. The Morgan fingerprint density at radius 3 is 2.75 bits per heavy atom. The molecule has 1 aliphatic rings. The van der Waals surface area contributed by atoms with Gasteiger partial charge >= 0.3 is 0 Å². The summed E-state index contributed by atoms with van der Waals surface area (Å²) in [6, 6.07) is 0.313. The predicted molar refractivity (Wildman–Crippen MR) is 84.6 cm³/mol. The molecule has 0 aromatic rings. The normalized spacial score (nSPS) is 25.4. The molecule has 1 fully saturated rings. The third-order valence-electron chi connectivity index (χ3n) is 4.68. The fraction of sp³-hybridized carbons (Fsp3) is 0.938. The molecule has 3 N–H and O–H groups in total. The van der Waals surface area contributed by atoms with Crippen molar-refractivity contribution in [3.63, 3.8) is 0 Å². The van der Waals surface area contributed by atoms with Crippen LogP contribution in [-0.2, 0) is 4.79 Å². The lowest BCUT2D eigenvalue weighted by molar-refractivity contribution is -0.127. The van der Waals surface area contributed by atoms with Gasteiger partial charge in [0.15, 0.2) is 0 Å². The number of hydrogen-bond acceptors (Lipinski definition) is 3. The summed E-state index contributed by atoms with van der Waals surface area (Å²) in [5.74, 6) is 0.939. The minimum absolute atomic E-state index is 0.0528. The summed E-state index contributed by atoms with van der Waals surface area (Å²) in [6.45, 7) is 8.90. The standard InChI is InChI=1S/C16H33N3O/c1-4-6-7-9-18-16(20)13(3)19-10-8-14(5-2)11-15(19)12-17/h13-15H,4-12,17H2,1-3H3,(H,18,20). The number of carbonyl (C=O) groups is 1. The first-order chi connectivity index (χ1) is 9.63. The van der Waals surface area contributed by atoms with E-state index in [-0.39, 0.29) is 11.9 Å². The number of carbonyl (C=O) groups excluding carboxylic acids is 1. The molecule has 1 saturated heterocycles. The third-order valence-corrected chi connectivity index (χ3v) is 4.68. The molecule has 20 heavy (non-hydrogen) atoms. The second-order valence-electron chi connectivity index (χ2n) is 6.10. The van der Waals surface area contributed by atoms with E-state index in [1.54, 1.807) is 0 Å². The number of unbranched alkanes of at least 4 members (excludes halogenated alkanes) is 2. The van der Waals surface area contributed by atoms with Crippen molar-refractivity contribution in [2.24, 2.45) is 11.7 Å². The number of nitrogens with one attached hydrogen (secondary N) is 1. The highest BCUT2D eigenvalue weighted by molar-refractivity contribution is 5.81. The summed E-state index contributed by atoms with van der Waals surface area (Å²) >= 11 is 0. The molecule has 0 aliphatic carbocycles. The number of piperidine rings is 1. The molecule has 1 amide bonds. The molecular formula is C16H33N3O. The Labute approximate surface area is 124 Å². The number of likely N-dealkylation sites (tertiary alicyclic amines) is 1. The molecule has 4 nitrogen and oxygen atoms in total. The molecule has 0 radical (unpaired) electrons. The molecule has 3 atom stereocenters. The van der Waals surface area contributed by atoms with Gasteiger partial charge in [-0.1, -0.05) is 33.1 Å². The number of nitrogens with two attached hydrogens (primary N) is 1. The van der Waals surface area contributed by atoms with E-state index < -0.39 is 0 Å². The highest BCUT2D eigenvalue weighted by Crippen LogP contribution is 2.26. The van der Waals surface area contributed by atoms with E-state index in [1.165, 1.54) is 25.7 Å². The van der Waals surface area contributed by atoms with E-state index in [4.69, 9.17) is 5.73 Å². The Hall–Kier alpha value is -0.610. The predicted octanol–water partition coefficient (Wildman–Crippen LogP) is 2.13. The van der Waals surface area contributed by atoms with E-state index in [9.17, 15) is 4.79 Å². The van der Waals surface area contributed by atoms with Crippen molar-refractivity contribution in [3.8, 4) is 0 Å². The van der Waals surface area contributed by atoms with Gasteiger partial charge in [-0.05, 0) is 38.6 Å². The fourth-order valence-corrected chi connectivity index (χ4v) is 3.15. The summed E-state index contributed by atoms with van der Waals surface area (Å²) in [5.41, 5.74) is 5.91. The number of rotatable bonds is 8. The Kier molecular flexibility index (Phi) is 8.15. The maximum atomic E-state index is 12.2. The quantitative estimate of drug-likeness (QED) is 0.671. The topological polar surface area (TPSA) is 58.4 Å². The van der Waals surface area contributed by atoms with Crippen LogP contribution in [0.5, 0.6) is 0 Å². The lowest BCUT2D eigenvalue weighted by atomic mass is 9.88. The molecule has 1 rings (SSSR count). The van der Waals surface area contributed by atoms with Crippen molar-refractivity contribution in [1.29, 1.82) is 0 Å². The average Bonchev–Trinajstić information content (AvgIpc) is 2.49. The van der Waals surface area contributed by atoms with Crippen LogP contribution >= 0.6 is 0 Å². The van der Waals surface area contributed by atoms with Crippen LogP contribution in [0.15, 0.2) is 0 Å². The second kappa shape index (κ2) is 9.35. The van der Waals surface area contributed by atoms with Gasteiger partial charge in [0.2, 0.25) is 5.91 Å². The van der Waals surface area contributed by atoms with Crippen LogP contribution in [-0.4, -0.2) is 42.5 Å². The monoisotopic (exact) mass is 283 g/mol. The highest BCUT2D eigenvalue weighted by Gasteiger charge is 2.32. The Bertz CT molecular complexity index is 283. The second-order valence-corrected chi connectivity index (χ2v) is 6.10. The SMILES string of the molecule is CCCCCNC(=O)C(C)N1CCC(CC)CC1CN. The van der Waals surface area contributed by atoms with Crippen molar-refractivity contribution < 1.29 is 4.79 Å². The van der Waals surface area contributed by atoms with E-state index in [0.717, 1.165) is 31.8 Å². The maximum absolute atomic E-state index is 12.2. The number of amides is 1. The van der Waals surface area contributed by atoms with Crippen LogP contribution in [0.4, 0.5) is 0 Å². The Morgan fingerprint density at radius 2 is 2.15 bits per heavy atom. The Morgan fingerprint density at radius 1 is 1.40 bits per heavy atom. The molecule has 0 aromatic heterocycles. The minimum atomic E-state index is -0.0528. The zero-order valence-electron chi connectivity index (χ0n) is 13.5. The summed E-state index contributed by atoms with van der Waals surface area (Å²) in [7, 11) is 0. The van der Waals surface area contributed by atoms with Gasteiger partial charge in [-0.25, -0.2) is 0 Å². The van der Waals surface area contributed by atoms with E-state index in [1.807, 2.05) is 6.92 Å². The summed E-state index contributed by atoms with van der Waals surface area (Å²) in [5, 5.41) is 3.06. The first kappa shape index (κ1) is 17.4. The van der Waals surface area contributed by atoms with E-state index >= 15 is 0 Å². The van der Waals surface area contributed by atoms with Crippen LogP contribution in [0.2, 0.25) is 0 Å². The molecule has 0 spiro atoms. The van der Waals surface area contributed by atoms with Crippen molar-refractivity contribution in [2.45, 2.75) is 71.4 Å². The maximum Gasteiger partial charge on any atom is 0.237 e. The first-order valence-electron chi connectivity index (χ1n) is 8.37. The van der Waals surface area contributed by atoms with Crippen LogP contribution in [0, 0.1) is 5.92 Å². The largest absolute Gasteiger partial charge is 0.355 e. The van der Waals surface area contributed by atoms with Gasteiger partial charge in [-0.3, -0.25) is 9.69 Å². The first-order valence-corrected chi connectivity index (χ1v) is 8.37. The fourth-order valence-electron chi connectivity index (χ4n) is 3.15. The molecule has 3 unspecified atom stereocenters. The minimum Gasteiger partial charge on any atom is -0.355 e. The van der Waals surface area contributed by atoms with E-state index in [0.29, 0.717) is 12.6 Å². The van der Waals surface area contributed by atoms with Gasteiger partial charge in [0.1, 0.15) is 0 Å². The Balaban J connectivity index is 2.44. The molecule has 0 saturated carbocycles. The van der Waals surface area contributed by atoms with Crippen molar-refractivity contribution in [3.05, 3.63) is 0 Å². The van der Waals surface area contributed by atoms with E-state index in [2.05, 4.69) is 24.1 Å². The van der Waals surface area contributed by atoms with Crippen LogP contribution in [0.1, 0.15) is 59.3 Å². The average molecular weight is 283 g/mol. The molecule has 0 aromatic carbocycles. The smallest absolute Gasteiger partial charge is 0.237 e. The van der Waals surface area contributed by atoms with Gasteiger partial charge in [0.25, 0.3) is 0 Å². The molecule has 118 valence electrons. The van der Waals surface area contributed by atoms with Gasteiger partial charge in [0, 0.05) is 19.1 Å². The summed E-state index contributed by atoms with van der Waals surface area (Å²) in [6.07, 6.45) is 7.00. The lowest BCUT2D eigenvalue weighted by Gasteiger charge is -2.41. The van der Waals surface area contributed by atoms with Gasteiger partial charge in [-0.2, -0.15) is 0 Å². The van der Waals surface area contributed by atoms with Crippen molar-refractivity contribution >= 4 is 5.91 Å². The third kappa shape index (κ3) is 5.06. The van der Waals surface area contributed by atoms with Crippen molar-refractivity contribution in [1.82, 2.24) is 10.2 Å². The van der Waals surface area contributed by atoms with Gasteiger partial charge in [0.05, 0.1) is 6.04 Å². The highest BCUT2D eigenvalue weighted by atomic mass is 16.2. The lowest BCUT2D eigenvalue weighted by Crippen LogP contribution is -2.55.